The lowest BCUT2D eigenvalue weighted by atomic mass is 10.1. The third-order valence-electron chi connectivity index (χ3n) is 2.32. The number of carboxylic acids is 1. The Labute approximate surface area is 112 Å². The minimum absolute atomic E-state index is 0.0887. The van der Waals surface area contributed by atoms with Crippen LogP contribution in [0, 0.1) is 0 Å². The number of aliphatic hydroxyl groups is 1. The summed E-state index contributed by atoms with van der Waals surface area (Å²) in [6, 6.07) is 2.39. The summed E-state index contributed by atoms with van der Waals surface area (Å²) in [5, 5.41) is 18.0. The molecular weight excluding hydrogens is 281 g/mol. The van der Waals surface area contributed by atoms with Crippen LogP contribution in [0.15, 0.2) is 18.2 Å². The van der Waals surface area contributed by atoms with Crippen LogP contribution in [0.3, 0.4) is 0 Å². The zero-order valence-electron chi connectivity index (χ0n) is 10.5. The van der Waals surface area contributed by atoms with Crippen LogP contribution in [0.2, 0.25) is 0 Å². The number of methoxy groups -OCH3 is 1. The van der Waals surface area contributed by atoms with E-state index >= 15 is 0 Å². The number of halogens is 3. The van der Waals surface area contributed by atoms with Gasteiger partial charge in [-0.2, -0.15) is 13.2 Å². The Morgan fingerprint density at radius 1 is 1.35 bits per heavy atom. The number of carbonyl (C=O) groups is 1. The van der Waals surface area contributed by atoms with Crippen LogP contribution in [0.25, 0.3) is 0 Å². The van der Waals surface area contributed by atoms with Gasteiger partial charge in [-0.05, 0) is 18.2 Å². The summed E-state index contributed by atoms with van der Waals surface area (Å²) in [7, 11) is 1.33. The van der Waals surface area contributed by atoms with Gasteiger partial charge in [0.15, 0.2) is 0 Å². The summed E-state index contributed by atoms with van der Waals surface area (Å²) >= 11 is 0. The number of aromatic carboxylic acids is 1. The number of rotatable bonds is 6. The van der Waals surface area contributed by atoms with Gasteiger partial charge in [0.05, 0.1) is 17.7 Å². The van der Waals surface area contributed by atoms with Crippen LogP contribution in [-0.4, -0.2) is 42.6 Å². The van der Waals surface area contributed by atoms with Crippen molar-refractivity contribution in [3.8, 4) is 5.75 Å². The summed E-state index contributed by atoms with van der Waals surface area (Å²) < 4.78 is 47.9. The lowest BCUT2D eigenvalue weighted by Crippen LogP contribution is -2.23. The third kappa shape index (κ3) is 4.39. The quantitative estimate of drug-likeness (QED) is 0.836. The van der Waals surface area contributed by atoms with E-state index in [-0.39, 0.29) is 6.61 Å². The van der Waals surface area contributed by atoms with Crippen LogP contribution in [0.1, 0.15) is 15.9 Å². The number of benzene rings is 1. The van der Waals surface area contributed by atoms with E-state index in [0.717, 1.165) is 12.1 Å². The first-order chi connectivity index (χ1) is 9.25. The molecule has 0 spiro atoms. The molecule has 1 aromatic rings. The maximum Gasteiger partial charge on any atom is 0.419 e. The molecule has 0 amide bonds. The van der Waals surface area contributed by atoms with Crippen molar-refractivity contribution in [3.05, 3.63) is 29.3 Å². The summed E-state index contributed by atoms with van der Waals surface area (Å²) in [5.41, 5.74) is -1.70. The molecule has 0 saturated carbocycles. The second-order valence-corrected chi connectivity index (χ2v) is 3.93. The highest BCUT2D eigenvalue weighted by Gasteiger charge is 2.35. The Morgan fingerprint density at radius 3 is 2.50 bits per heavy atom. The maximum atomic E-state index is 12.8. The fourth-order valence-corrected chi connectivity index (χ4v) is 1.44. The van der Waals surface area contributed by atoms with Gasteiger partial charge in [-0.15, -0.1) is 0 Å². The minimum Gasteiger partial charge on any atom is -0.490 e. The molecule has 1 unspecified atom stereocenters. The topological polar surface area (TPSA) is 76.0 Å². The lowest BCUT2D eigenvalue weighted by molar-refractivity contribution is -0.139. The monoisotopic (exact) mass is 294 g/mol. The molecule has 1 atom stereocenters. The molecule has 8 heteroatoms. The molecule has 5 nitrogen and oxygen atoms in total. The number of aliphatic hydroxyl groups excluding tert-OH is 1. The Morgan fingerprint density at radius 2 is 2.00 bits per heavy atom. The second kappa shape index (κ2) is 6.58. The number of hydrogen-bond donors (Lipinski definition) is 2. The molecule has 1 aromatic carbocycles. The van der Waals surface area contributed by atoms with E-state index in [0.29, 0.717) is 6.07 Å². The van der Waals surface area contributed by atoms with E-state index in [1.54, 1.807) is 0 Å². The lowest BCUT2D eigenvalue weighted by Gasteiger charge is -2.16. The third-order valence-corrected chi connectivity index (χ3v) is 2.32. The van der Waals surface area contributed by atoms with Gasteiger partial charge in [0.1, 0.15) is 18.5 Å². The molecule has 0 saturated heterocycles. The van der Waals surface area contributed by atoms with Crippen molar-refractivity contribution in [2.24, 2.45) is 0 Å². The van der Waals surface area contributed by atoms with Gasteiger partial charge in [0.2, 0.25) is 0 Å². The van der Waals surface area contributed by atoms with Crippen LogP contribution >= 0.6 is 0 Å². The number of hydrogen-bond acceptors (Lipinski definition) is 4. The Bertz CT molecular complexity index is 473. The van der Waals surface area contributed by atoms with Gasteiger partial charge in [-0.1, -0.05) is 0 Å². The second-order valence-electron chi connectivity index (χ2n) is 3.93. The van der Waals surface area contributed by atoms with Gasteiger partial charge in [-0.3, -0.25) is 0 Å². The number of ether oxygens (including phenoxy) is 2. The zero-order valence-corrected chi connectivity index (χ0v) is 10.5. The first-order valence-electron chi connectivity index (χ1n) is 5.50. The largest absolute Gasteiger partial charge is 0.490 e. The van der Waals surface area contributed by atoms with Crippen molar-refractivity contribution in [2.45, 2.75) is 12.3 Å². The number of carboxylic acid groups (broad SMARTS) is 1. The predicted molar refractivity (Wildman–Crippen MR) is 61.8 cm³/mol. The van der Waals surface area contributed by atoms with Crippen molar-refractivity contribution in [3.63, 3.8) is 0 Å². The average Bonchev–Trinajstić information content (AvgIpc) is 2.35. The van der Waals surface area contributed by atoms with E-state index in [2.05, 4.69) is 4.74 Å². The van der Waals surface area contributed by atoms with Gasteiger partial charge in [-0.25, -0.2) is 4.79 Å². The maximum absolute atomic E-state index is 12.8. The van der Waals surface area contributed by atoms with Crippen LogP contribution in [-0.2, 0) is 10.9 Å². The standard InChI is InChI=1S/C12H13F3O5/c1-19-5-8(16)6-20-10-3-2-7(11(17)18)4-9(10)12(13,14)15/h2-4,8,16H,5-6H2,1H3,(H,17,18). The summed E-state index contributed by atoms with van der Waals surface area (Å²) in [5.74, 6) is -2.01. The average molecular weight is 294 g/mol. The first-order valence-corrected chi connectivity index (χ1v) is 5.50. The van der Waals surface area contributed by atoms with Gasteiger partial charge < -0.3 is 19.7 Å². The molecule has 1 rings (SSSR count). The highest BCUT2D eigenvalue weighted by atomic mass is 19.4. The summed E-state index contributed by atoms with van der Waals surface area (Å²) in [6.45, 7) is -0.488. The Kier molecular flexibility index (Phi) is 5.34. The van der Waals surface area contributed by atoms with Crippen molar-refractivity contribution in [2.75, 3.05) is 20.3 Å². The Balaban J connectivity index is 2.98. The molecule has 0 heterocycles. The molecule has 0 aliphatic carbocycles. The summed E-state index contributed by atoms with van der Waals surface area (Å²) in [6.07, 6.45) is -5.84. The molecule has 0 aliphatic rings. The van der Waals surface area contributed by atoms with Gasteiger partial charge in [0.25, 0.3) is 0 Å². The molecule has 0 radical (unpaired) electrons. The van der Waals surface area contributed by atoms with Crippen molar-refractivity contribution >= 4 is 5.97 Å². The molecule has 0 fully saturated rings. The highest BCUT2D eigenvalue weighted by Crippen LogP contribution is 2.36. The van der Waals surface area contributed by atoms with Crippen LogP contribution in [0.4, 0.5) is 13.2 Å². The zero-order chi connectivity index (χ0) is 15.3. The van der Waals surface area contributed by atoms with E-state index in [1.807, 2.05) is 0 Å². The molecule has 112 valence electrons. The first kappa shape index (κ1) is 16.3. The SMILES string of the molecule is COCC(O)COc1ccc(C(=O)O)cc1C(F)(F)F. The van der Waals surface area contributed by atoms with Crippen LogP contribution < -0.4 is 4.74 Å². The predicted octanol–water partition coefficient (Wildman–Crippen LogP) is 1.79. The molecular formula is C12H13F3O5. The highest BCUT2D eigenvalue weighted by molar-refractivity contribution is 5.88. The molecule has 2 N–H and O–H groups in total. The molecule has 0 aliphatic heterocycles. The van der Waals surface area contributed by atoms with Crippen LogP contribution in [0.5, 0.6) is 5.75 Å². The van der Waals surface area contributed by atoms with Crippen molar-refractivity contribution in [1.29, 1.82) is 0 Å². The Hall–Kier alpha value is -1.80. The van der Waals surface area contributed by atoms with Gasteiger partial charge >= 0.3 is 12.1 Å². The van der Waals surface area contributed by atoms with E-state index in [9.17, 15) is 23.1 Å². The summed E-state index contributed by atoms with van der Waals surface area (Å²) in [4.78, 5) is 10.7. The fraction of sp³-hybridized carbons (Fsp3) is 0.417. The molecule has 20 heavy (non-hydrogen) atoms. The fourth-order valence-electron chi connectivity index (χ4n) is 1.44. The smallest absolute Gasteiger partial charge is 0.419 e. The normalized spacial score (nSPS) is 13.1. The van der Waals surface area contributed by atoms with E-state index in [4.69, 9.17) is 9.84 Å². The van der Waals surface area contributed by atoms with Gasteiger partial charge in [0, 0.05) is 7.11 Å². The van der Waals surface area contributed by atoms with Crippen molar-refractivity contribution < 1.29 is 37.7 Å². The van der Waals surface area contributed by atoms with E-state index < -0.39 is 41.7 Å². The molecule has 0 aromatic heterocycles. The number of alkyl halides is 3. The molecule has 0 bridgehead atoms. The minimum atomic E-state index is -4.76. The van der Waals surface area contributed by atoms with Crippen molar-refractivity contribution in [1.82, 2.24) is 0 Å². The van der Waals surface area contributed by atoms with E-state index in [1.165, 1.54) is 7.11 Å².